The first-order chi connectivity index (χ1) is 13.2. The Morgan fingerprint density at radius 3 is 2.89 bits per heavy atom. The summed E-state index contributed by atoms with van der Waals surface area (Å²) in [6, 6.07) is -0.0868. The zero-order valence-electron chi connectivity index (χ0n) is 15.3. The van der Waals surface area contributed by atoms with Crippen molar-refractivity contribution in [1.29, 1.82) is 0 Å². The van der Waals surface area contributed by atoms with Crippen molar-refractivity contribution in [2.45, 2.75) is 38.8 Å². The van der Waals surface area contributed by atoms with E-state index in [1.54, 1.807) is 0 Å². The molecule has 4 rings (SSSR count). The molecule has 2 aromatic rings. The van der Waals surface area contributed by atoms with Crippen LogP contribution in [-0.4, -0.2) is 68.3 Å². The Morgan fingerprint density at radius 2 is 2.19 bits per heavy atom. The third-order valence-electron chi connectivity index (χ3n) is 4.78. The number of hydrogen-bond acceptors (Lipinski definition) is 8. The second-order valence-electron chi connectivity index (χ2n) is 6.62. The van der Waals surface area contributed by atoms with Crippen LogP contribution >= 0.6 is 11.5 Å². The van der Waals surface area contributed by atoms with E-state index in [0.29, 0.717) is 31.3 Å². The van der Waals surface area contributed by atoms with Crippen LogP contribution in [0, 0.1) is 0 Å². The van der Waals surface area contributed by atoms with Gasteiger partial charge in [0.1, 0.15) is 17.8 Å². The van der Waals surface area contributed by atoms with E-state index >= 15 is 0 Å². The van der Waals surface area contributed by atoms with Crippen LogP contribution in [0.5, 0.6) is 0 Å². The van der Waals surface area contributed by atoms with Crippen molar-refractivity contribution in [3.63, 3.8) is 0 Å². The third kappa shape index (κ3) is 4.19. The number of piperazine rings is 1. The lowest BCUT2D eigenvalue weighted by Crippen LogP contribution is -2.51. The van der Waals surface area contributed by atoms with Crippen molar-refractivity contribution in [1.82, 2.24) is 34.8 Å². The molecule has 1 atom stereocenters. The van der Waals surface area contributed by atoms with Crippen molar-refractivity contribution in [2.75, 3.05) is 37.7 Å². The Morgan fingerprint density at radius 1 is 1.33 bits per heavy atom. The molecule has 0 radical (unpaired) electrons. The smallest absolute Gasteiger partial charge is 0.317 e. The molecule has 0 saturated carbocycles. The van der Waals surface area contributed by atoms with Crippen molar-refractivity contribution in [3.05, 3.63) is 17.5 Å². The lowest BCUT2D eigenvalue weighted by Gasteiger charge is -2.34. The quantitative estimate of drug-likeness (QED) is 0.783. The number of nitrogens with zero attached hydrogens (tertiary/aromatic N) is 6. The number of aromatic nitrogens is 5. The van der Waals surface area contributed by atoms with Crippen LogP contribution in [0.2, 0.25) is 0 Å². The Kier molecular flexibility index (Phi) is 5.48. The van der Waals surface area contributed by atoms with Gasteiger partial charge in [-0.1, -0.05) is 6.92 Å². The largest absolute Gasteiger partial charge is 0.370 e. The number of carbonyl (C=O) groups is 1. The molecule has 1 unspecified atom stereocenters. The maximum Gasteiger partial charge on any atom is 0.317 e. The van der Waals surface area contributed by atoms with Crippen LogP contribution in [0.25, 0.3) is 0 Å². The Balaban J connectivity index is 1.23. The maximum absolute atomic E-state index is 12.4. The van der Waals surface area contributed by atoms with Gasteiger partial charge >= 0.3 is 6.03 Å². The molecule has 0 spiro atoms. The van der Waals surface area contributed by atoms with E-state index < -0.39 is 0 Å². The summed E-state index contributed by atoms with van der Waals surface area (Å²) >= 11 is 1.43. The fourth-order valence-electron chi connectivity index (χ4n) is 3.20. The first-order valence-electron chi connectivity index (χ1n) is 9.36. The lowest BCUT2D eigenvalue weighted by molar-refractivity contribution is 0.105. The molecule has 27 heavy (non-hydrogen) atoms. The first-order valence-corrected chi connectivity index (χ1v) is 10.1. The third-order valence-corrected chi connectivity index (χ3v) is 5.60. The van der Waals surface area contributed by atoms with E-state index in [-0.39, 0.29) is 12.1 Å². The van der Waals surface area contributed by atoms with E-state index in [1.165, 1.54) is 11.5 Å². The number of carbonyl (C=O) groups excluding carboxylic acids is 1. The Labute approximate surface area is 161 Å². The first kappa shape index (κ1) is 18.1. The number of aromatic amines is 1. The number of hydrogen-bond donors (Lipinski definition) is 2. The number of ether oxygens (including phenoxy) is 1. The minimum atomic E-state index is -0.0868. The van der Waals surface area contributed by atoms with Crippen molar-refractivity contribution in [2.24, 2.45) is 0 Å². The van der Waals surface area contributed by atoms with E-state index in [9.17, 15) is 4.79 Å². The summed E-state index contributed by atoms with van der Waals surface area (Å²) in [6.45, 7) is 5.97. The van der Waals surface area contributed by atoms with E-state index in [0.717, 1.165) is 49.9 Å². The summed E-state index contributed by atoms with van der Waals surface area (Å²) < 4.78 is 9.90. The number of aryl methyl sites for hydroxylation is 1. The molecule has 0 aliphatic carbocycles. The monoisotopic (exact) mass is 392 g/mol. The van der Waals surface area contributed by atoms with Gasteiger partial charge in [-0.15, -0.1) is 0 Å². The van der Waals surface area contributed by atoms with E-state index in [1.807, 2.05) is 11.8 Å². The summed E-state index contributed by atoms with van der Waals surface area (Å²) in [5, 5.41) is 10.9. The van der Waals surface area contributed by atoms with Crippen molar-refractivity contribution < 1.29 is 9.53 Å². The number of amides is 2. The molecule has 0 aromatic carbocycles. The SMILES string of the molecule is CCc1nsc(N2CCN(C(=O)NCc3nc(C4CCCO4)n[nH]3)CC2)n1. The van der Waals surface area contributed by atoms with Gasteiger partial charge in [0.2, 0.25) is 5.13 Å². The van der Waals surface area contributed by atoms with Crippen LogP contribution in [0.15, 0.2) is 0 Å². The van der Waals surface area contributed by atoms with Crippen LogP contribution in [0.3, 0.4) is 0 Å². The fourth-order valence-corrected chi connectivity index (χ4v) is 4.00. The molecule has 2 amide bonds. The number of urea groups is 1. The van der Waals surface area contributed by atoms with Crippen LogP contribution in [-0.2, 0) is 17.7 Å². The second kappa shape index (κ2) is 8.17. The van der Waals surface area contributed by atoms with Gasteiger partial charge < -0.3 is 19.9 Å². The molecule has 4 heterocycles. The lowest BCUT2D eigenvalue weighted by atomic mass is 10.2. The highest BCUT2D eigenvalue weighted by atomic mass is 32.1. The summed E-state index contributed by atoms with van der Waals surface area (Å²) in [5.41, 5.74) is 0. The topological polar surface area (TPSA) is 112 Å². The van der Waals surface area contributed by atoms with E-state index in [2.05, 4.69) is 34.8 Å². The number of nitrogens with one attached hydrogen (secondary N) is 2. The van der Waals surface area contributed by atoms with Gasteiger partial charge in [0.25, 0.3) is 0 Å². The maximum atomic E-state index is 12.4. The van der Waals surface area contributed by atoms with Crippen molar-refractivity contribution in [3.8, 4) is 0 Å². The predicted molar refractivity (Wildman–Crippen MR) is 99.6 cm³/mol. The number of H-pyrrole nitrogens is 1. The minimum absolute atomic E-state index is 0.0210. The molecule has 11 heteroatoms. The van der Waals surface area contributed by atoms with Gasteiger partial charge in [-0.25, -0.2) is 14.8 Å². The summed E-state index contributed by atoms with van der Waals surface area (Å²) in [6.07, 6.45) is 2.80. The van der Waals surface area contributed by atoms with Gasteiger partial charge in [-0.2, -0.15) is 9.47 Å². The van der Waals surface area contributed by atoms with Gasteiger partial charge in [-0.3, -0.25) is 5.10 Å². The Hall–Kier alpha value is -2.27. The molecule has 2 aliphatic heterocycles. The highest BCUT2D eigenvalue weighted by Crippen LogP contribution is 2.25. The average Bonchev–Trinajstić information content (AvgIpc) is 3.47. The van der Waals surface area contributed by atoms with Crippen LogP contribution in [0.4, 0.5) is 9.93 Å². The fraction of sp³-hybridized carbons (Fsp3) is 0.688. The normalized spacial score (nSPS) is 20.3. The molecular weight excluding hydrogens is 368 g/mol. The van der Waals surface area contributed by atoms with Crippen LogP contribution in [0.1, 0.15) is 43.3 Å². The molecule has 2 saturated heterocycles. The predicted octanol–water partition coefficient (Wildman–Crippen LogP) is 1.10. The minimum Gasteiger partial charge on any atom is -0.370 e. The van der Waals surface area contributed by atoms with Crippen molar-refractivity contribution >= 4 is 22.7 Å². The van der Waals surface area contributed by atoms with Gasteiger partial charge in [0.05, 0.1) is 6.54 Å². The molecule has 146 valence electrons. The zero-order valence-corrected chi connectivity index (χ0v) is 16.2. The molecule has 2 aliphatic rings. The Bertz CT molecular complexity index is 764. The highest BCUT2D eigenvalue weighted by molar-refractivity contribution is 7.09. The van der Waals surface area contributed by atoms with E-state index in [4.69, 9.17) is 4.74 Å². The standard InChI is InChI=1S/C16H24N8O2S/c1-2-12-19-16(27-22-12)24-7-5-23(6-8-24)15(25)17-10-13-18-14(21-20-13)11-4-3-9-26-11/h11H,2-10H2,1H3,(H,17,25)(H,18,20,21). The number of anilines is 1. The second-order valence-corrected chi connectivity index (χ2v) is 7.35. The molecule has 2 aromatic heterocycles. The molecular formula is C16H24N8O2S. The van der Waals surface area contributed by atoms with Crippen LogP contribution < -0.4 is 10.2 Å². The average molecular weight is 392 g/mol. The summed E-state index contributed by atoms with van der Waals surface area (Å²) in [7, 11) is 0. The van der Waals surface area contributed by atoms with Gasteiger partial charge in [-0.05, 0) is 12.8 Å². The summed E-state index contributed by atoms with van der Waals surface area (Å²) in [5.74, 6) is 2.20. The molecule has 2 N–H and O–H groups in total. The summed E-state index contributed by atoms with van der Waals surface area (Å²) in [4.78, 5) is 25.4. The zero-order chi connectivity index (χ0) is 18.6. The number of rotatable bonds is 5. The molecule has 0 bridgehead atoms. The molecule has 2 fully saturated rings. The molecule has 10 nitrogen and oxygen atoms in total. The van der Waals surface area contributed by atoms with Gasteiger partial charge in [0.15, 0.2) is 5.82 Å². The highest BCUT2D eigenvalue weighted by Gasteiger charge is 2.24. The van der Waals surface area contributed by atoms with Gasteiger partial charge in [0, 0.05) is 50.7 Å².